The first-order valence-corrected chi connectivity index (χ1v) is 5.89. The molecule has 0 aliphatic carbocycles. The molecule has 0 saturated heterocycles. The Hall–Kier alpha value is -1.42. The van der Waals surface area contributed by atoms with Gasteiger partial charge in [0.15, 0.2) is 0 Å². The summed E-state index contributed by atoms with van der Waals surface area (Å²) in [6.45, 7) is 6.00. The monoisotopic (exact) mass is 235 g/mol. The normalized spacial score (nSPS) is 11.6. The molecule has 1 aromatic carbocycles. The van der Waals surface area contributed by atoms with Crippen molar-refractivity contribution in [3.8, 4) is 0 Å². The van der Waals surface area contributed by atoms with E-state index in [4.69, 9.17) is 0 Å². The fourth-order valence-electron chi connectivity index (χ4n) is 1.85. The van der Waals surface area contributed by atoms with Gasteiger partial charge in [0, 0.05) is 13.1 Å². The van der Waals surface area contributed by atoms with E-state index >= 15 is 0 Å². The summed E-state index contributed by atoms with van der Waals surface area (Å²) in [7, 11) is 1.96. The molecule has 0 radical (unpaired) electrons. The number of halogens is 1. The largest absolute Gasteiger partial charge is 0.330 e. The summed E-state index contributed by atoms with van der Waals surface area (Å²) in [6, 6.07) is 4.71. The van der Waals surface area contributed by atoms with Gasteiger partial charge < -0.3 is 9.88 Å². The lowest BCUT2D eigenvalue weighted by Crippen LogP contribution is -2.20. The molecule has 0 aliphatic rings. The van der Waals surface area contributed by atoms with E-state index in [0.717, 1.165) is 17.9 Å². The molecule has 2 aromatic rings. The number of nitrogens with zero attached hydrogens (tertiary/aromatic N) is 2. The molecule has 0 unspecified atom stereocenters. The summed E-state index contributed by atoms with van der Waals surface area (Å²) >= 11 is 0. The second kappa shape index (κ2) is 4.84. The number of aromatic nitrogens is 2. The number of benzene rings is 1. The van der Waals surface area contributed by atoms with Crippen LogP contribution >= 0.6 is 0 Å². The topological polar surface area (TPSA) is 29.9 Å². The number of hydrogen-bond donors (Lipinski definition) is 1. The van der Waals surface area contributed by atoms with E-state index in [1.165, 1.54) is 12.1 Å². The Morgan fingerprint density at radius 1 is 1.41 bits per heavy atom. The highest BCUT2D eigenvalue weighted by Crippen LogP contribution is 2.15. The van der Waals surface area contributed by atoms with Crippen LogP contribution in [0.2, 0.25) is 0 Å². The molecular formula is C13H18FN3. The number of aryl methyl sites for hydroxylation is 1. The van der Waals surface area contributed by atoms with E-state index in [9.17, 15) is 4.39 Å². The molecule has 92 valence electrons. The summed E-state index contributed by atoms with van der Waals surface area (Å²) in [5.41, 5.74) is 1.68. The van der Waals surface area contributed by atoms with Crippen molar-refractivity contribution in [2.75, 3.05) is 6.54 Å². The SMILES string of the molecule is CC(C)CNCc1nc2cc(F)ccc2n1C. The maximum Gasteiger partial charge on any atom is 0.125 e. The van der Waals surface area contributed by atoms with Gasteiger partial charge >= 0.3 is 0 Å². The standard InChI is InChI=1S/C13H18FN3/c1-9(2)7-15-8-13-16-11-6-10(14)4-5-12(11)17(13)3/h4-6,9,15H,7-8H2,1-3H3. The molecule has 0 aliphatic heterocycles. The van der Waals surface area contributed by atoms with Crippen LogP contribution in [-0.2, 0) is 13.6 Å². The van der Waals surface area contributed by atoms with Crippen molar-refractivity contribution < 1.29 is 4.39 Å². The smallest absolute Gasteiger partial charge is 0.125 e. The molecule has 0 spiro atoms. The van der Waals surface area contributed by atoms with Crippen LogP contribution in [-0.4, -0.2) is 16.1 Å². The van der Waals surface area contributed by atoms with Crippen molar-refractivity contribution in [2.45, 2.75) is 20.4 Å². The Morgan fingerprint density at radius 2 is 2.18 bits per heavy atom. The summed E-state index contributed by atoms with van der Waals surface area (Å²) in [5.74, 6) is 1.31. The Bertz CT molecular complexity index is 517. The van der Waals surface area contributed by atoms with Gasteiger partial charge in [-0.1, -0.05) is 13.8 Å². The Kier molecular flexibility index (Phi) is 3.43. The molecule has 0 atom stereocenters. The summed E-state index contributed by atoms with van der Waals surface area (Å²) in [4.78, 5) is 4.43. The zero-order valence-corrected chi connectivity index (χ0v) is 10.5. The zero-order chi connectivity index (χ0) is 12.4. The third-order valence-electron chi connectivity index (χ3n) is 2.77. The van der Waals surface area contributed by atoms with Crippen LogP contribution in [0.5, 0.6) is 0 Å². The molecule has 17 heavy (non-hydrogen) atoms. The first-order valence-electron chi connectivity index (χ1n) is 5.89. The van der Waals surface area contributed by atoms with Gasteiger partial charge in [-0.15, -0.1) is 0 Å². The zero-order valence-electron chi connectivity index (χ0n) is 10.5. The van der Waals surface area contributed by atoms with Gasteiger partial charge in [0.05, 0.1) is 17.6 Å². The predicted octanol–water partition coefficient (Wildman–Crippen LogP) is 2.46. The minimum Gasteiger partial charge on any atom is -0.330 e. The molecule has 1 aromatic heterocycles. The fourth-order valence-corrected chi connectivity index (χ4v) is 1.85. The predicted molar refractivity (Wildman–Crippen MR) is 67.2 cm³/mol. The van der Waals surface area contributed by atoms with Crippen molar-refractivity contribution in [1.29, 1.82) is 0 Å². The number of fused-ring (bicyclic) bond motifs is 1. The molecule has 2 rings (SSSR count). The Morgan fingerprint density at radius 3 is 2.88 bits per heavy atom. The van der Waals surface area contributed by atoms with Crippen LogP contribution in [0.1, 0.15) is 19.7 Å². The molecule has 1 N–H and O–H groups in total. The first kappa shape index (κ1) is 12.0. The van der Waals surface area contributed by atoms with E-state index in [-0.39, 0.29) is 5.82 Å². The average Bonchev–Trinajstić information content (AvgIpc) is 2.55. The minimum atomic E-state index is -0.239. The van der Waals surface area contributed by atoms with Crippen molar-refractivity contribution in [2.24, 2.45) is 13.0 Å². The molecule has 1 heterocycles. The lowest BCUT2D eigenvalue weighted by atomic mass is 10.2. The fraction of sp³-hybridized carbons (Fsp3) is 0.462. The molecular weight excluding hydrogens is 217 g/mol. The van der Waals surface area contributed by atoms with Gasteiger partial charge in [-0.2, -0.15) is 0 Å². The van der Waals surface area contributed by atoms with Gasteiger partial charge in [0.2, 0.25) is 0 Å². The van der Waals surface area contributed by atoms with Crippen LogP contribution in [0.15, 0.2) is 18.2 Å². The maximum absolute atomic E-state index is 13.1. The summed E-state index contributed by atoms with van der Waals surface area (Å²) in [6.07, 6.45) is 0. The molecule has 0 amide bonds. The number of imidazole rings is 1. The molecule has 3 nitrogen and oxygen atoms in total. The second-order valence-corrected chi connectivity index (χ2v) is 4.74. The van der Waals surface area contributed by atoms with E-state index in [1.54, 1.807) is 6.07 Å². The summed E-state index contributed by atoms with van der Waals surface area (Å²) in [5, 5.41) is 3.34. The maximum atomic E-state index is 13.1. The van der Waals surface area contributed by atoms with E-state index in [0.29, 0.717) is 18.0 Å². The van der Waals surface area contributed by atoms with Gasteiger partial charge in [-0.3, -0.25) is 0 Å². The summed E-state index contributed by atoms with van der Waals surface area (Å²) < 4.78 is 15.1. The highest BCUT2D eigenvalue weighted by atomic mass is 19.1. The van der Waals surface area contributed by atoms with E-state index in [1.807, 2.05) is 11.6 Å². The Balaban J connectivity index is 2.20. The Labute approximate surface area is 101 Å². The lowest BCUT2D eigenvalue weighted by Gasteiger charge is -2.07. The van der Waals surface area contributed by atoms with Gasteiger partial charge in [0.25, 0.3) is 0 Å². The van der Waals surface area contributed by atoms with Crippen molar-refractivity contribution in [3.63, 3.8) is 0 Å². The van der Waals surface area contributed by atoms with Gasteiger partial charge in [-0.25, -0.2) is 9.37 Å². The van der Waals surface area contributed by atoms with Crippen molar-refractivity contribution in [3.05, 3.63) is 29.8 Å². The van der Waals surface area contributed by atoms with Crippen LogP contribution in [0, 0.1) is 11.7 Å². The van der Waals surface area contributed by atoms with Gasteiger partial charge in [-0.05, 0) is 24.6 Å². The third kappa shape index (κ3) is 2.64. The highest BCUT2D eigenvalue weighted by Gasteiger charge is 2.08. The second-order valence-electron chi connectivity index (χ2n) is 4.74. The van der Waals surface area contributed by atoms with Crippen LogP contribution in [0.4, 0.5) is 4.39 Å². The number of hydrogen-bond acceptors (Lipinski definition) is 2. The molecule has 0 saturated carbocycles. The molecule has 0 bridgehead atoms. The van der Waals surface area contributed by atoms with Crippen LogP contribution < -0.4 is 5.32 Å². The third-order valence-corrected chi connectivity index (χ3v) is 2.77. The van der Waals surface area contributed by atoms with Crippen molar-refractivity contribution >= 4 is 11.0 Å². The molecule has 0 fully saturated rings. The van der Waals surface area contributed by atoms with Gasteiger partial charge in [0.1, 0.15) is 11.6 Å². The molecule has 4 heteroatoms. The average molecular weight is 235 g/mol. The first-order chi connectivity index (χ1) is 8.08. The number of rotatable bonds is 4. The highest BCUT2D eigenvalue weighted by molar-refractivity contribution is 5.75. The van der Waals surface area contributed by atoms with Crippen LogP contribution in [0.25, 0.3) is 11.0 Å². The quantitative estimate of drug-likeness (QED) is 0.882. The van der Waals surface area contributed by atoms with Crippen LogP contribution in [0.3, 0.4) is 0 Å². The van der Waals surface area contributed by atoms with E-state index < -0.39 is 0 Å². The van der Waals surface area contributed by atoms with E-state index in [2.05, 4.69) is 24.1 Å². The number of nitrogens with one attached hydrogen (secondary N) is 1. The lowest BCUT2D eigenvalue weighted by molar-refractivity contribution is 0.538. The van der Waals surface area contributed by atoms with Crippen molar-refractivity contribution in [1.82, 2.24) is 14.9 Å². The minimum absolute atomic E-state index is 0.239.